The van der Waals surface area contributed by atoms with Crippen molar-refractivity contribution in [1.29, 1.82) is 0 Å². The van der Waals surface area contributed by atoms with Crippen molar-refractivity contribution in [2.45, 2.75) is 45.6 Å². The van der Waals surface area contributed by atoms with Gasteiger partial charge in [-0.05, 0) is 62.3 Å². The summed E-state index contributed by atoms with van der Waals surface area (Å²) >= 11 is 0. The lowest BCUT2D eigenvalue weighted by Gasteiger charge is -2.22. The van der Waals surface area contributed by atoms with E-state index in [-0.39, 0.29) is 0 Å². The molecular formula is C13H18O. The normalized spacial score (nSPS) is 15.7. The Hall–Kier alpha value is -0.820. The van der Waals surface area contributed by atoms with Gasteiger partial charge in [0.25, 0.3) is 0 Å². The van der Waals surface area contributed by atoms with Gasteiger partial charge in [0, 0.05) is 0 Å². The minimum absolute atomic E-state index is 0.692. The summed E-state index contributed by atoms with van der Waals surface area (Å²) in [5.41, 5.74) is 4.69. The highest BCUT2D eigenvalue weighted by Gasteiger charge is 2.24. The number of hydrogen-bond acceptors (Lipinski definition) is 1. The second-order valence-electron chi connectivity index (χ2n) is 4.80. The topological polar surface area (TPSA) is 20.2 Å². The first kappa shape index (κ1) is 9.72. The van der Waals surface area contributed by atoms with E-state index in [9.17, 15) is 5.11 Å². The summed E-state index contributed by atoms with van der Waals surface area (Å²) in [7, 11) is 0. The molecule has 2 rings (SSSR count). The van der Waals surface area contributed by atoms with E-state index in [0.29, 0.717) is 0 Å². The second kappa shape index (κ2) is 3.09. The summed E-state index contributed by atoms with van der Waals surface area (Å²) in [5, 5.41) is 10.0. The fraction of sp³-hybridized carbons (Fsp3) is 0.538. The first-order chi connectivity index (χ1) is 6.50. The molecule has 1 aliphatic rings. The van der Waals surface area contributed by atoms with Crippen LogP contribution in [0.25, 0.3) is 0 Å². The maximum Gasteiger partial charge on any atom is 0.0843 e. The molecule has 1 aliphatic carbocycles. The lowest BCUT2D eigenvalue weighted by Crippen LogP contribution is -2.18. The number of rotatable bonds is 1. The predicted octanol–water partition coefficient (Wildman–Crippen LogP) is 2.71. The summed E-state index contributed by atoms with van der Waals surface area (Å²) < 4.78 is 0. The second-order valence-corrected chi connectivity index (χ2v) is 4.80. The average molecular weight is 190 g/mol. The Bertz CT molecular complexity index is 358. The summed E-state index contributed by atoms with van der Waals surface area (Å²) in [6.07, 6.45) is 3.56. The number of hydrogen-bond donors (Lipinski definition) is 1. The van der Waals surface area contributed by atoms with Crippen LogP contribution < -0.4 is 0 Å². The van der Waals surface area contributed by atoms with Crippen molar-refractivity contribution in [3.05, 3.63) is 34.4 Å². The highest BCUT2D eigenvalue weighted by molar-refractivity contribution is 5.45. The van der Waals surface area contributed by atoms with Crippen LogP contribution >= 0.6 is 0 Å². The molecule has 0 heterocycles. The van der Waals surface area contributed by atoms with E-state index in [4.69, 9.17) is 0 Å². The zero-order valence-corrected chi connectivity index (χ0v) is 9.22. The first-order valence-corrected chi connectivity index (χ1v) is 5.34. The molecule has 76 valence electrons. The van der Waals surface area contributed by atoms with E-state index in [0.717, 1.165) is 12.0 Å². The van der Waals surface area contributed by atoms with E-state index >= 15 is 0 Å². The van der Waals surface area contributed by atoms with Gasteiger partial charge in [0.1, 0.15) is 0 Å². The van der Waals surface area contributed by atoms with E-state index in [1.165, 1.54) is 29.5 Å². The number of benzene rings is 1. The molecule has 0 aliphatic heterocycles. The molecule has 0 saturated heterocycles. The standard InChI is InChI=1S/C13H18O/c1-9-7-8-12(13(2,3)14)11-6-4-5-10(9)11/h7-8,14H,4-6H2,1-3H3. The van der Waals surface area contributed by atoms with Gasteiger partial charge in [-0.2, -0.15) is 0 Å². The van der Waals surface area contributed by atoms with Crippen molar-refractivity contribution in [2.75, 3.05) is 0 Å². The van der Waals surface area contributed by atoms with Crippen LogP contribution in [0.3, 0.4) is 0 Å². The van der Waals surface area contributed by atoms with Gasteiger partial charge in [-0.25, -0.2) is 0 Å². The fourth-order valence-corrected chi connectivity index (χ4v) is 2.46. The molecule has 0 saturated carbocycles. The summed E-state index contributed by atoms with van der Waals surface area (Å²) in [6, 6.07) is 4.22. The molecule has 1 N–H and O–H groups in total. The Balaban J connectivity index is 2.60. The van der Waals surface area contributed by atoms with Gasteiger partial charge in [0.2, 0.25) is 0 Å². The Morgan fingerprint density at radius 2 is 1.79 bits per heavy atom. The highest BCUT2D eigenvalue weighted by atomic mass is 16.3. The van der Waals surface area contributed by atoms with E-state index < -0.39 is 5.60 Å². The Labute approximate surface area is 85.8 Å². The van der Waals surface area contributed by atoms with Crippen molar-refractivity contribution in [1.82, 2.24) is 0 Å². The minimum atomic E-state index is -0.692. The summed E-state index contributed by atoms with van der Waals surface area (Å²) in [4.78, 5) is 0. The van der Waals surface area contributed by atoms with Crippen molar-refractivity contribution in [3.63, 3.8) is 0 Å². The molecule has 1 nitrogen and oxygen atoms in total. The van der Waals surface area contributed by atoms with Gasteiger partial charge in [-0.1, -0.05) is 12.1 Å². The molecule has 1 heteroatoms. The van der Waals surface area contributed by atoms with E-state index in [1.54, 1.807) is 0 Å². The van der Waals surface area contributed by atoms with E-state index in [1.807, 2.05) is 13.8 Å². The molecule has 1 aromatic carbocycles. The van der Waals surface area contributed by atoms with Crippen LogP contribution in [0, 0.1) is 6.92 Å². The first-order valence-electron chi connectivity index (χ1n) is 5.34. The maximum atomic E-state index is 10.0. The highest BCUT2D eigenvalue weighted by Crippen LogP contribution is 2.33. The number of aliphatic hydroxyl groups is 1. The molecule has 0 bridgehead atoms. The minimum Gasteiger partial charge on any atom is -0.386 e. The smallest absolute Gasteiger partial charge is 0.0843 e. The molecule has 0 amide bonds. The lowest BCUT2D eigenvalue weighted by molar-refractivity contribution is 0.0777. The van der Waals surface area contributed by atoms with Gasteiger partial charge < -0.3 is 5.11 Å². The maximum absolute atomic E-state index is 10.0. The third-order valence-electron chi connectivity index (χ3n) is 3.18. The molecular weight excluding hydrogens is 172 g/mol. The van der Waals surface area contributed by atoms with Crippen LogP contribution in [0.1, 0.15) is 42.5 Å². The largest absolute Gasteiger partial charge is 0.386 e. The average Bonchev–Trinajstić information content (AvgIpc) is 2.50. The van der Waals surface area contributed by atoms with Gasteiger partial charge >= 0.3 is 0 Å². The molecule has 1 aromatic rings. The molecule has 0 spiro atoms. The van der Waals surface area contributed by atoms with Crippen LogP contribution in [0.4, 0.5) is 0 Å². The molecule has 0 unspecified atom stereocenters. The number of aryl methyl sites for hydroxylation is 1. The van der Waals surface area contributed by atoms with Crippen LogP contribution in [-0.2, 0) is 18.4 Å². The predicted molar refractivity (Wildman–Crippen MR) is 58.4 cm³/mol. The summed E-state index contributed by atoms with van der Waals surface area (Å²) in [5.74, 6) is 0. The summed E-state index contributed by atoms with van der Waals surface area (Å²) in [6.45, 7) is 5.91. The molecule has 0 fully saturated rings. The van der Waals surface area contributed by atoms with E-state index in [2.05, 4.69) is 19.1 Å². The fourth-order valence-electron chi connectivity index (χ4n) is 2.46. The van der Waals surface area contributed by atoms with Crippen LogP contribution in [0.15, 0.2) is 12.1 Å². The Morgan fingerprint density at radius 1 is 1.14 bits per heavy atom. The molecule has 14 heavy (non-hydrogen) atoms. The molecule has 0 atom stereocenters. The third kappa shape index (κ3) is 1.46. The van der Waals surface area contributed by atoms with Crippen LogP contribution in [-0.4, -0.2) is 5.11 Å². The zero-order chi connectivity index (χ0) is 10.3. The van der Waals surface area contributed by atoms with Gasteiger partial charge in [0.15, 0.2) is 0 Å². The van der Waals surface area contributed by atoms with Gasteiger partial charge in [-0.3, -0.25) is 0 Å². The van der Waals surface area contributed by atoms with Gasteiger partial charge in [0.05, 0.1) is 5.60 Å². The van der Waals surface area contributed by atoms with Crippen molar-refractivity contribution < 1.29 is 5.11 Å². The molecule has 0 aromatic heterocycles. The van der Waals surface area contributed by atoms with Crippen LogP contribution in [0.5, 0.6) is 0 Å². The van der Waals surface area contributed by atoms with Crippen molar-refractivity contribution >= 4 is 0 Å². The van der Waals surface area contributed by atoms with Crippen molar-refractivity contribution in [2.24, 2.45) is 0 Å². The third-order valence-corrected chi connectivity index (χ3v) is 3.18. The SMILES string of the molecule is Cc1ccc(C(C)(C)O)c2c1CCC2. The lowest BCUT2D eigenvalue weighted by atomic mass is 9.89. The molecule has 0 radical (unpaired) electrons. The Kier molecular flexibility index (Phi) is 2.15. The zero-order valence-electron chi connectivity index (χ0n) is 9.22. The quantitative estimate of drug-likeness (QED) is 0.722. The number of fused-ring (bicyclic) bond motifs is 1. The van der Waals surface area contributed by atoms with Crippen LogP contribution in [0.2, 0.25) is 0 Å². The van der Waals surface area contributed by atoms with Crippen molar-refractivity contribution in [3.8, 4) is 0 Å². The monoisotopic (exact) mass is 190 g/mol. The Morgan fingerprint density at radius 3 is 2.43 bits per heavy atom. The van der Waals surface area contributed by atoms with Gasteiger partial charge in [-0.15, -0.1) is 0 Å².